The molecule has 0 radical (unpaired) electrons. The first-order valence-corrected chi connectivity index (χ1v) is 3.43. The predicted octanol–water partition coefficient (Wildman–Crippen LogP) is 1.89. The zero-order chi connectivity index (χ0) is 10.7. The molecule has 0 fully saturated rings. The van der Waals surface area contributed by atoms with Crippen molar-refractivity contribution in [3.05, 3.63) is 0 Å². The molecule has 0 bridgehead atoms. The molecule has 0 aliphatic heterocycles. The molecule has 0 aliphatic rings. The van der Waals surface area contributed by atoms with Crippen LogP contribution in [0.15, 0.2) is 0 Å². The Balaban J connectivity index is 4.26. The highest BCUT2D eigenvalue weighted by Gasteiger charge is 2.38. The number of terminal acetylenes is 1. The first kappa shape index (κ1) is 11.8. The van der Waals surface area contributed by atoms with Crippen molar-refractivity contribution >= 4 is 5.97 Å². The highest BCUT2D eigenvalue weighted by molar-refractivity contribution is 5.87. The van der Waals surface area contributed by atoms with Gasteiger partial charge in [0.25, 0.3) is 0 Å². The summed E-state index contributed by atoms with van der Waals surface area (Å²) in [5, 5.41) is 0. The standard InChI is InChI=1S/C8H9F3O2/c1-4-6(12)13-7(2,3)5-8(9,10)11/h1H,5H2,2-3H3. The van der Waals surface area contributed by atoms with E-state index in [1.165, 1.54) is 0 Å². The van der Waals surface area contributed by atoms with Crippen molar-refractivity contribution in [1.29, 1.82) is 0 Å². The number of hydrogen-bond acceptors (Lipinski definition) is 2. The molecule has 74 valence electrons. The van der Waals surface area contributed by atoms with Gasteiger partial charge in [-0.25, -0.2) is 4.79 Å². The van der Waals surface area contributed by atoms with Crippen molar-refractivity contribution in [2.24, 2.45) is 0 Å². The molecule has 0 unspecified atom stereocenters. The zero-order valence-corrected chi connectivity index (χ0v) is 7.23. The summed E-state index contributed by atoms with van der Waals surface area (Å²) in [6, 6.07) is 0. The maximum absolute atomic E-state index is 11.9. The quantitative estimate of drug-likeness (QED) is 0.381. The zero-order valence-electron chi connectivity index (χ0n) is 7.23. The van der Waals surface area contributed by atoms with E-state index in [0.29, 0.717) is 0 Å². The Morgan fingerprint density at radius 1 is 1.46 bits per heavy atom. The first-order chi connectivity index (χ1) is 5.66. The van der Waals surface area contributed by atoms with Gasteiger partial charge in [0.1, 0.15) is 5.60 Å². The molecule has 5 heteroatoms. The molecule has 0 atom stereocenters. The molecule has 0 aromatic carbocycles. The topological polar surface area (TPSA) is 26.3 Å². The van der Waals surface area contributed by atoms with Crippen molar-refractivity contribution in [2.75, 3.05) is 0 Å². The molecule has 0 N–H and O–H groups in total. The maximum atomic E-state index is 11.9. The summed E-state index contributed by atoms with van der Waals surface area (Å²) in [5.74, 6) is 0.490. The van der Waals surface area contributed by atoms with Crippen LogP contribution in [-0.2, 0) is 9.53 Å². The van der Waals surface area contributed by atoms with Crippen LogP contribution in [0.2, 0.25) is 0 Å². The molecular formula is C8H9F3O2. The van der Waals surface area contributed by atoms with Crippen LogP contribution in [0.5, 0.6) is 0 Å². The molecule has 0 rings (SSSR count). The van der Waals surface area contributed by atoms with Gasteiger partial charge in [0.05, 0.1) is 6.42 Å². The van der Waals surface area contributed by atoms with Crippen LogP contribution in [0.1, 0.15) is 20.3 Å². The van der Waals surface area contributed by atoms with Crippen molar-refractivity contribution in [3.8, 4) is 12.3 Å². The fraction of sp³-hybridized carbons (Fsp3) is 0.625. The van der Waals surface area contributed by atoms with Crippen LogP contribution in [-0.4, -0.2) is 17.7 Å². The summed E-state index contributed by atoms with van der Waals surface area (Å²) in [6.07, 6.45) is -0.954. The number of carbonyl (C=O) groups excluding carboxylic acids is 1. The Kier molecular flexibility index (Phi) is 3.35. The number of halogens is 3. The van der Waals surface area contributed by atoms with Crippen molar-refractivity contribution in [3.63, 3.8) is 0 Å². The average Bonchev–Trinajstić information content (AvgIpc) is 1.80. The van der Waals surface area contributed by atoms with Crippen LogP contribution in [0, 0.1) is 12.3 Å². The van der Waals surface area contributed by atoms with Gasteiger partial charge in [0.15, 0.2) is 0 Å². The first-order valence-electron chi connectivity index (χ1n) is 3.43. The molecule has 0 amide bonds. The van der Waals surface area contributed by atoms with Crippen molar-refractivity contribution in [1.82, 2.24) is 0 Å². The van der Waals surface area contributed by atoms with Gasteiger partial charge >= 0.3 is 12.1 Å². The predicted molar refractivity (Wildman–Crippen MR) is 39.7 cm³/mol. The SMILES string of the molecule is C#CC(=O)OC(C)(C)CC(F)(F)F. The molecule has 0 saturated heterocycles. The Morgan fingerprint density at radius 2 is 1.92 bits per heavy atom. The Bertz CT molecular complexity index is 235. The average molecular weight is 194 g/mol. The van der Waals surface area contributed by atoms with E-state index in [0.717, 1.165) is 13.8 Å². The van der Waals surface area contributed by atoms with Gasteiger partial charge in [-0.3, -0.25) is 0 Å². The van der Waals surface area contributed by atoms with Crippen LogP contribution in [0.25, 0.3) is 0 Å². The molecule has 0 spiro atoms. The second-order valence-electron chi connectivity index (χ2n) is 3.09. The number of rotatable bonds is 2. The van der Waals surface area contributed by atoms with Gasteiger partial charge in [-0.1, -0.05) is 0 Å². The lowest BCUT2D eigenvalue weighted by Crippen LogP contribution is -2.33. The van der Waals surface area contributed by atoms with Crippen LogP contribution in [0.4, 0.5) is 13.2 Å². The molecule has 13 heavy (non-hydrogen) atoms. The van der Waals surface area contributed by atoms with E-state index in [4.69, 9.17) is 0 Å². The van der Waals surface area contributed by atoms with Crippen molar-refractivity contribution < 1.29 is 22.7 Å². The van der Waals surface area contributed by atoms with Gasteiger partial charge in [-0.15, -0.1) is 6.42 Å². The third-order valence-corrected chi connectivity index (χ3v) is 1.11. The Labute approximate surface area is 74.1 Å². The molecule has 2 nitrogen and oxygen atoms in total. The van der Waals surface area contributed by atoms with Crippen LogP contribution < -0.4 is 0 Å². The van der Waals surface area contributed by atoms with E-state index in [2.05, 4.69) is 11.2 Å². The molecular weight excluding hydrogens is 185 g/mol. The largest absolute Gasteiger partial charge is 0.450 e. The van der Waals surface area contributed by atoms with E-state index in [1.54, 1.807) is 5.92 Å². The van der Waals surface area contributed by atoms with E-state index in [1.807, 2.05) is 0 Å². The van der Waals surface area contributed by atoms with Gasteiger partial charge in [-0.2, -0.15) is 13.2 Å². The smallest absolute Gasteiger partial charge is 0.392 e. The minimum absolute atomic E-state index is 1.09. The van der Waals surface area contributed by atoms with E-state index >= 15 is 0 Å². The maximum Gasteiger partial charge on any atom is 0.392 e. The molecule has 0 aromatic heterocycles. The Hall–Kier alpha value is -1.18. The number of alkyl halides is 3. The lowest BCUT2D eigenvalue weighted by atomic mass is 10.1. The monoisotopic (exact) mass is 194 g/mol. The lowest BCUT2D eigenvalue weighted by Gasteiger charge is -2.24. The minimum atomic E-state index is -4.38. The van der Waals surface area contributed by atoms with E-state index in [-0.39, 0.29) is 0 Å². The third-order valence-electron chi connectivity index (χ3n) is 1.11. The summed E-state index contributed by atoms with van der Waals surface area (Å²) in [7, 11) is 0. The summed E-state index contributed by atoms with van der Waals surface area (Å²) < 4.78 is 40.0. The van der Waals surface area contributed by atoms with Crippen LogP contribution in [0.3, 0.4) is 0 Å². The second-order valence-corrected chi connectivity index (χ2v) is 3.09. The molecule has 0 saturated carbocycles. The fourth-order valence-corrected chi connectivity index (χ4v) is 0.799. The minimum Gasteiger partial charge on any atom is -0.450 e. The third kappa shape index (κ3) is 6.02. The summed E-state index contributed by atoms with van der Waals surface area (Å²) in [4.78, 5) is 10.5. The molecule has 0 heterocycles. The van der Waals surface area contributed by atoms with Gasteiger partial charge in [0, 0.05) is 5.92 Å². The number of hydrogen-bond donors (Lipinski definition) is 0. The number of esters is 1. The molecule has 0 aromatic rings. The summed E-state index contributed by atoms with van der Waals surface area (Å²) in [5.41, 5.74) is -1.61. The van der Waals surface area contributed by atoms with Crippen molar-refractivity contribution in [2.45, 2.75) is 32.0 Å². The van der Waals surface area contributed by atoms with Gasteiger partial charge < -0.3 is 4.74 Å². The Morgan fingerprint density at radius 3 is 2.23 bits per heavy atom. The van der Waals surface area contributed by atoms with E-state index < -0.39 is 24.2 Å². The highest BCUT2D eigenvalue weighted by Crippen LogP contribution is 2.29. The lowest BCUT2D eigenvalue weighted by molar-refractivity contribution is -0.184. The van der Waals surface area contributed by atoms with E-state index in [9.17, 15) is 18.0 Å². The normalized spacial score (nSPS) is 12.0. The number of ether oxygens (including phenoxy) is 1. The van der Waals surface area contributed by atoms with Gasteiger partial charge in [0.2, 0.25) is 0 Å². The summed E-state index contributed by atoms with van der Waals surface area (Å²) >= 11 is 0. The van der Waals surface area contributed by atoms with Crippen LogP contribution >= 0.6 is 0 Å². The number of carbonyl (C=O) groups is 1. The fourth-order valence-electron chi connectivity index (χ4n) is 0.799. The second kappa shape index (κ2) is 3.69. The molecule has 0 aliphatic carbocycles. The van der Waals surface area contributed by atoms with Gasteiger partial charge in [-0.05, 0) is 13.8 Å². The highest BCUT2D eigenvalue weighted by atomic mass is 19.4. The summed E-state index contributed by atoms with van der Waals surface area (Å²) in [6.45, 7) is 2.30.